The number of rotatable bonds is 1. The number of nitrogen functional groups attached to an aromatic ring is 1. The molecular weight excluding hydrogens is 238 g/mol. The highest BCUT2D eigenvalue weighted by molar-refractivity contribution is 5.80. The van der Waals surface area contributed by atoms with Crippen LogP contribution in [0.3, 0.4) is 0 Å². The number of nitrogens with two attached hydrogens (primary N) is 2. The van der Waals surface area contributed by atoms with Crippen molar-refractivity contribution < 1.29 is 10.2 Å². The molecule has 96 valence electrons. The van der Waals surface area contributed by atoms with E-state index < -0.39 is 24.3 Å². The molecule has 0 spiro atoms. The summed E-state index contributed by atoms with van der Waals surface area (Å²) in [4.78, 5) is 7.85. The predicted octanol–water partition coefficient (Wildman–Crippen LogP) is -2.20. The zero-order chi connectivity index (χ0) is 12.9. The normalized spacial score (nSPS) is 32.2. The van der Waals surface area contributed by atoms with Crippen LogP contribution >= 0.6 is 0 Å². The van der Waals surface area contributed by atoms with Crippen molar-refractivity contribution in [3.63, 3.8) is 0 Å². The standard InChI is InChI=1S/C9H13N7O2/c10-3-1-4(7(18)6(3)17)16-9-5(14-15-16)8(11)12-2-13-9/h2-4,6-7,17-18H,1,10H2,(H2,11,12,13)/t3-,4+,6+,7-/m0/s1. The first-order valence-corrected chi connectivity index (χ1v) is 5.52. The average molecular weight is 251 g/mol. The Morgan fingerprint density at radius 2 is 2.06 bits per heavy atom. The number of aromatic nitrogens is 5. The highest BCUT2D eigenvalue weighted by atomic mass is 16.3. The van der Waals surface area contributed by atoms with E-state index in [2.05, 4.69) is 20.3 Å². The average Bonchev–Trinajstić information content (AvgIpc) is 2.88. The topological polar surface area (TPSA) is 149 Å². The Morgan fingerprint density at radius 3 is 2.72 bits per heavy atom. The van der Waals surface area contributed by atoms with Crippen LogP contribution < -0.4 is 11.5 Å². The predicted molar refractivity (Wildman–Crippen MR) is 61.2 cm³/mol. The van der Waals surface area contributed by atoms with Crippen molar-refractivity contribution in [1.82, 2.24) is 25.0 Å². The summed E-state index contributed by atoms with van der Waals surface area (Å²) in [6.45, 7) is 0. The molecule has 2 aromatic rings. The summed E-state index contributed by atoms with van der Waals surface area (Å²) in [7, 11) is 0. The second-order valence-electron chi connectivity index (χ2n) is 4.41. The van der Waals surface area contributed by atoms with E-state index in [0.29, 0.717) is 17.6 Å². The van der Waals surface area contributed by atoms with Crippen molar-refractivity contribution in [2.75, 3.05) is 5.73 Å². The van der Waals surface area contributed by atoms with Crippen molar-refractivity contribution in [3.8, 4) is 0 Å². The molecule has 0 amide bonds. The van der Waals surface area contributed by atoms with Gasteiger partial charge < -0.3 is 21.7 Å². The maximum atomic E-state index is 9.94. The van der Waals surface area contributed by atoms with E-state index in [1.54, 1.807) is 0 Å². The van der Waals surface area contributed by atoms with Crippen molar-refractivity contribution in [3.05, 3.63) is 6.33 Å². The van der Waals surface area contributed by atoms with Gasteiger partial charge in [-0.25, -0.2) is 14.6 Å². The molecule has 18 heavy (non-hydrogen) atoms. The first-order valence-electron chi connectivity index (χ1n) is 5.52. The summed E-state index contributed by atoms with van der Waals surface area (Å²) in [5.41, 5.74) is 12.2. The van der Waals surface area contributed by atoms with Gasteiger partial charge in [0.25, 0.3) is 0 Å². The summed E-state index contributed by atoms with van der Waals surface area (Å²) in [5, 5.41) is 27.4. The maximum Gasteiger partial charge on any atom is 0.184 e. The Morgan fingerprint density at radius 1 is 1.28 bits per heavy atom. The lowest BCUT2D eigenvalue weighted by Crippen LogP contribution is -2.36. The summed E-state index contributed by atoms with van der Waals surface area (Å²) >= 11 is 0. The Hall–Kier alpha value is -1.84. The number of fused-ring (bicyclic) bond motifs is 1. The van der Waals surface area contributed by atoms with E-state index in [1.807, 2.05) is 0 Å². The SMILES string of the molecule is Nc1ncnc2c1nnn2[C@@H]1C[C@H](N)[C@@H](O)[C@H]1O. The van der Waals surface area contributed by atoms with Crippen LogP contribution in [0.25, 0.3) is 11.2 Å². The zero-order valence-electron chi connectivity index (χ0n) is 9.38. The molecule has 6 N–H and O–H groups in total. The number of hydrogen-bond donors (Lipinski definition) is 4. The fourth-order valence-corrected chi connectivity index (χ4v) is 2.29. The first kappa shape index (κ1) is 11.3. The van der Waals surface area contributed by atoms with Gasteiger partial charge >= 0.3 is 0 Å². The van der Waals surface area contributed by atoms with Gasteiger partial charge in [0.1, 0.15) is 12.4 Å². The number of aliphatic hydroxyl groups excluding tert-OH is 2. The smallest absolute Gasteiger partial charge is 0.184 e. The van der Waals surface area contributed by atoms with Gasteiger partial charge in [-0.3, -0.25) is 0 Å². The molecule has 0 aromatic carbocycles. The van der Waals surface area contributed by atoms with Gasteiger partial charge in [0.2, 0.25) is 0 Å². The lowest BCUT2D eigenvalue weighted by atomic mass is 10.2. The van der Waals surface area contributed by atoms with Crippen molar-refractivity contribution in [2.45, 2.75) is 30.7 Å². The van der Waals surface area contributed by atoms with Gasteiger partial charge in [-0.05, 0) is 6.42 Å². The quantitative estimate of drug-likeness (QED) is 0.446. The van der Waals surface area contributed by atoms with Crippen LogP contribution in [0.2, 0.25) is 0 Å². The van der Waals surface area contributed by atoms with Crippen LogP contribution in [0.5, 0.6) is 0 Å². The zero-order valence-corrected chi connectivity index (χ0v) is 9.38. The van der Waals surface area contributed by atoms with E-state index in [4.69, 9.17) is 11.5 Å². The molecular formula is C9H13N7O2. The lowest BCUT2D eigenvalue weighted by molar-refractivity contribution is 0.0163. The minimum absolute atomic E-state index is 0.226. The van der Waals surface area contributed by atoms with Crippen LogP contribution in [-0.4, -0.2) is 53.4 Å². The molecule has 4 atom stereocenters. The number of aliphatic hydroxyl groups is 2. The Bertz CT molecular complexity index is 585. The summed E-state index contributed by atoms with van der Waals surface area (Å²) < 4.78 is 1.44. The third-order valence-electron chi connectivity index (χ3n) is 3.30. The molecule has 1 aliphatic carbocycles. The second-order valence-corrected chi connectivity index (χ2v) is 4.41. The molecule has 1 fully saturated rings. The molecule has 0 aliphatic heterocycles. The Kier molecular flexibility index (Phi) is 2.40. The highest BCUT2D eigenvalue weighted by Gasteiger charge is 2.42. The van der Waals surface area contributed by atoms with Crippen molar-refractivity contribution >= 4 is 17.0 Å². The molecule has 3 rings (SSSR count). The fourth-order valence-electron chi connectivity index (χ4n) is 2.29. The molecule has 1 aliphatic rings. The first-order chi connectivity index (χ1) is 8.59. The molecule has 0 radical (unpaired) electrons. The minimum atomic E-state index is -0.999. The second kappa shape index (κ2) is 3.83. The molecule has 0 saturated heterocycles. The van der Waals surface area contributed by atoms with Gasteiger partial charge in [-0.15, -0.1) is 5.10 Å². The maximum absolute atomic E-state index is 9.94. The van der Waals surface area contributed by atoms with E-state index in [-0.39, 0.29) is 5.82 Å². The van der Waals surface area contributed by atoms with Crippen LogP contribution in [-0.2, 0) is 0 Å². The lowest BCUT2D eigenvalue weighted by Gasteiger charge is -2.16. The molecule has 1 saturated carbocycles. The number of nitrogens with zero attached hydrogens (tertiary/aromatic N) is 5. The van der Waals surface area contributed by atoms with Crippen LogP contribution in [0.4, 0.5) is 5.82 Å². The fraction of sp³-hybridized carbons (Fsp3) is 0.556. The van der Waals surface area contributed by atoms with Gasteiger partial charge in [0.05, 0.1) is 12.1 Å². The monoisotopic (exact) mass is 251 g/mol. The molecule has 9 nitrogen and oxygen atoms in total. The Balaban J connectivity index is 2.08. The van der Waals surface area contributed by atoms with Crippen LogP contribution in [0, 0.1) is 0 Å². The highest BCUT2D eigenvalue weighted by Crippen LogP contribution is 2.31. The van der Waals surface area contributed by atoms with E-state index >= 15 is 0 Å². The summed E-state index contributed by atoms with van der Waals surface area (Å²) in [6.07, 6.45) is -0.283. The van der Waals surface area contributed by atoms with Gasteiger partial charge in [0, 0.05) is 6.04 Å². The number of anilines is 1. The molecule has 0 unspecified atom stereocenters. The molecule has 0 bridgehead atoms. The minimum Gasteiger partial charge on any atom is -0.389 e. The third kappa shape index (κ3) is 1.45. The third-order valence-corrected chi connectivity index (χ3v) is 3.30. The van der Waals surface area contributed by atoms with Gasteiger partial charge in [0.15, 0.2) is 17.0 Å². The van der Waals surface area contributed by atoms with Crippen LogP contribution in [0.1, 0.15) is 12.5 Å². The van der Waals surface area contributed by atoms with E-state index in [0.717, 1.165) is 0 Å². The van der Waals surface area contributed by atoms with Crippen LogP contribution in [0.15, 0.2) is 6.33 Å². The van der Waals surface area contributed by atoms with Gasteiger partial charge in [-0.1, -0.05) is 5.21 Å². The van der Waals surface area contributed by atoms with Crippen molar-refractivity contribution in [1.29, 1.82) is 0 Å². The van der Waals surface area contributed by atoms with E-state index in [1.165, 1.54) is 11.0 Å². The number of hydrogen-bond acceptors (Lipinski definition) is 8. The summed E-state index contributed by atoms with van der Waals surface area (Å²) in [5.74, 6) is 0.226. The molecule has 2 aromatic heterocycles. The molecule has 2 heterocycles. The van der Waals surface area contributed by atoms with E-state index in [9.17, 15) is 10.2 Å². The summed E-state index contributed by atoms with van der Waals surface area (Å²) in [6, 6.07) is -0.960. The Labute approximate surface area is 101 Å². The van der Waals surface area contributed by atoms with Crippen molar-refractivity contribution in [2.24, 2.45) is 5.73 Å². The molecule has 9 heteroatoms. The van der Waals surface area contributed by atoms with Gasteiger partial charge in [-0.2, -0.15) is 0 Å². The largest absolute Gasteiger partial charge is 0.389 e.